The quantitative estimate of drug-likeness (QED) is 0.806. The van der Waals surface area contributed by atoms with Gasteiger partial charge in [0, 0.05) is 12.6 Å². The lowest BCUT2D eigenvalue weighted by molar-refractivity contribution is 0.268. The fourth-order valence-corrected chi connectivity index (χ4v) is 2.38. The van der Waals surface area contributed by atoms with Gasteiger partial charge >= 0.3 is 0 Å². The Balaban J connectivity index is 2.61. The van der Waals surface area contributed by atoms with Crippen LogP contribution in [0.5, 0.6) is 5.75 Å². The summed E-state index contributed by atoms with van der Waals surface area (Å²) in [7, 11) is 0.136. The van der Waals surface area contributed by atoms with Crippen LogP contribution in [0.1, 0.15) is 12.5 Å². The van der Waals surface area contributed by atoms with Gasteiger partial charge in [0.05, 0.1) is 12.9 Å². The first-order chi connectivity index (χ1) is 8.83. The molecule has 1 unspecified atom stereocenters. The number of hydrogen-bond donors (Lipinski definition) is 1. The van der Waals surface area contributed by atoms with Gasteiger partial charge in [0.1, 0.15) is 5.75 Å². The number of nitrogens with two attached hydrogens (primary N) is 1. The minimum absolute atomic E-state index is 0.0280. The first-order valence-electron chi connectivity index (χ1n) is 6.16. The molecule has 1 rings (SSSR count). The molecule has 0 bridgehead atoms. The Kier molecular flexibility index (Phi) is 5.78. The van der Waals surface area contributed by atoms with E-state index in [1.165, 1.54) is 0 Å². The van der Waals surface area contributed by atoms with E-state index in [0.717, 1.165) is 17.7 Å². The number of ether oxygens (including phenoxy) is 1. The molecule has 0 saturated carbocycles. The Labute approximate surface area is 115 Å². The minimum atomic E-state index is -3.40. The summed E-state index contributed by atoms with van der Waals surface area (Å²) in [5, 5.41) is 5.01. The molecule has 0 aliphatic rings. The lowest BCUT2D eigenvalue weighted by Crippen LogP contribution is -2.36. The first-order valence-corrected chi connectivity index (χ1v) is 7.87. The third kappa shape index (κ3) is 5.59. The molecule has 0 aliphatic carbocycles. The molecule has 0 spiro atoms. The molecule has 0 amide bonds. The number of para-hydroxylation sites is 1. The standard InChI is InChI=1S/C13H22N2O3S/c1-11(15(2)8-9-19(14,16)17)10-12-6-4-5-7-13(12)18-3/h4-7,11H,8-10H2,1-3H3,(H2,14,16,17). The highest BCUT2D eigenvalue weighted by atomic mass is 32.2. The number of hydrogen-bond acceptors (Lipinski definition) is 4. The van der Waals surface area contributed by atoms with Gasteiger partial charge in [0.2, 0.25) is 10.0 Å². The van der Waals surface area contributed by atoms with Crippen molar-refractivity contribution < 1.29 is 13.2 Å². The molecule has 1 atom stereocenters. The maximum atomic E-state index is 10.9. The predicted molar refractivity (Wildman–Crippen MR) is 76.8 cm³/mol. The van der Waals surface area contributed by atoms with Crippen molar-refractivity contribution >= 4 is 10.0 Å². The van der Waals surface area contributed by atoms with Gasteiger partial charge < -0.3 is 9.64 Å². The third-order valence-electron chi connectivity index (χ3n) is 3.19. The Morgan fingerprint density at radius 1 is 1.37 bits per heavy atom. The minimum Gasteiger partial charge on any atom is -0.496 e. The van der Waals surface area contributed by atoms with Gasteiger partial charge in [-0.05, 0) is 32.0 Å². The van der Waals surface area contributed by atoms with Gasteiger partial charge in [-0.2, -0.15) is 0 Å². The molecule has 0 heterocycles. The second kappa shape index (κ2) is 6.88. The van der Waals surface area contributed by atoms with Crippen LogP contribution in [0.15, 0.2) is 24.3 Å². The van der Waals surface area contributed by atoms with Gasteiger partial charge in [0.25, 0.3) is 0 Å². The summed E-state index contributed by atoms with van der Waals surface area (Å²) in [6.45, 7) is 2.48. The smallest absolute Gasteiger partial charge is 0.210 e. The maximum absolute atomic E-state index is 10.9. The fourth-order valence-electron chi connectivity index (χ4n) is 1.84. The van der Waals surface area contributed by atoms with E-state index in [1.807, 2.05) is 36.2 Å². The number of nitrogens with zero attached hydrogens (tertiary/aromatic N) is 1. The largest absolute Gasteiger partial charge is 0.496 e. The summed E-state index contributed by atoms with van der Waals surface area (Å²) in [5.41, 5.74) is 1.11. The Bertz CT molecular complexity index is 502. The average Bonchev–Trinajstić information content (AvgIpc) is 2.35. The van der Waals surface area contributed by atoms with Crippen LogP contribution < -0.4 is 9.88 Å². The molecular formula is C13H22N2O3S. The topological polar surface area (TPSA) is 72.6 Å². The Morgan fingerprint density at radius 2 is 2.00 bits per heavy atom. The number of rotatable bonds is 7. The molecule has 6 heteroatoms. The summed E-state index contributed by atoms with van der Waals surface area (Å²) in [4.78, 5) is 1.98. The number of methoxy groups -OCH3 is 1. The van der Waals surface area contributed by atoms with Gasteiger partial charge in [-0.1, -0.05) is 18.2 Å². The van der Waals surface area contributed by atoms with Gasteiger partial charge in [0.15, 0.2) is 0 Å². The van der Waals surface area contributed by atoms with Crippen LogP contribution in [-0.2, 0) is 16.4 Å². The van der Waals surface area contributed by atoms with Crippen molar-refractivity contribution in [2.75, 3.05) is 26.5 Å². The average molecular weight is 286 g/mol. The number of primary sulfonamides is 1. The van der Waals surface area contributed by atoms with Gasteiger partial charge in [-0.15, -0.1) is 0 Å². The highest BCUT2D eigenvalue weighted by molar-refractivity contribution is 7.89. The zero-order valence-electron chi connectivity index (χ0n) is 11.7. The molecule has 5 nitrogen and oxygen atoms in total. The summed E-state index contributed by atoms with van der Waals surface area (Å²) >= 11 is 0. The highest BCUT2D eigenvalue weighted by Gasteiger charge is 2.14. The SMILES string of the molecule is COc1ccccc1CC(C)N(C)CCS(N)(=O)=O. The van der Waals surface area contributed by atoms with Crippen molar-refractivity contribution in [1.29, 1.82) is 0 Å². The van der Waals surface area contributed by atoms with E-state index >= 15 is 0 Å². The monoisotopic (exact) mass is 286 g/mol. The van der Waals surface area contributed by atoms with Gasteiger partial charge in [-0.25, -0.2) is 13.6 Å². The zero-order chi connectivity index (χ0) is 14.5. The van der Waals surface area contributed by atoms with E-state index < -0.39 is 10.0 Å². The van der Waals surface area contributed by atoms with Crippen molar-refractivity contribution in [3.05, 3.63) is 29.8 Å². The number of likely N-dealkylation sites (N-methyl/N-ethyl adjacent to an activating group) is 1. The van der Waals surface area contributed by atoms with E-state index in [9.17, 15) is 8.42 Å². The predicted octanol–water partition coefficient (Wildman–Crippen LogP) is 0.847. The van der Waals surface area contributed by atoms with Crippen molar-refractivity contribution in [2.45, 2.75) is 19.4 Å². The second-order valence-electron chi connectivity index (χ2n) is 4.71. The van der Waals surface area contributed by atoms with Crippen LogP contribution in [0.3, 0.4) is 0 Å². The van der Waals surface area contributed by atoms with Gasteiger partial charge in [-0.3, -0.25) is 0 Å². The van der Waals surface area contributed by atoms with Crippen LogP contribution in [0.25, 0.3) is 0 Å². The van der Waals surface area contributed by atoms with Crippen molar-refractivity contribution in [1.82, 2.24) is 4.90 Å². The lowest BCUT2D eigenvalue weighted by Gasteiger charge is -2.24. The van der Waals surface area contributed by atoms with E-state index in [1.54, 1.807) is 7.11 Å². The fraction of sp³-hybridized carbons (Fsp3) is 0.538. The van der Waals surface area contributed by atoms with Crippen LogP contribution in [0.2, 0.25) is 0 Å². The summed E-state index contributed by atoms with van der Waals surface area (Å²) in [6, 6.07) is 8.04. The molecule has 19 heavy (non-hydrogen) atoms. The third-order valence-corrected chi connectivity index (χ3v) is 3.94. The van der Waals surface area contributed by atoms with Crippen LogP contribution >= 0.6 is 0 Å². The van der Waals surface area contributed by atoms with Crippen molar-refractivity contribution in [2.24, 2.45) is 5.14 Å². The molecular weight excluding hydrogens is 264 g/mol. The molecule has 1 aromatic carbocycles. The summed E-state index contributed by atoms with van der Waals surface area (Å²) < 4.78 is 27.2. The second-order valence-corrected chi connectivity index (χ2v) is 6.45. The normalized spacial score (nSPS) is 13.5. The van der Waals surface area contributed by atoms with Crippen LogP contribution in [-0.4, -0.2) is 45.8 Å². The van der Waals surface area contributed by atoms with Crippen molar-refractivity contribution in [3.63, 3.8) is 0 Å². The summed E-state index contributed by atoms with van der Waals surface area (Å²) in [5.74, 6) is 0.828. The maximum Gasteiger partial charge on any atom is 0.210 e. The molecule has 108 valence electrons. The number of benzene rings is 1. The van der Waals surface area contributed by atoms with Crippen LogP contribution in [0, 0.1) is 0 Å². The summed E-state index contributed by atoms with van der Waals surface area (Å²) in [6.07, 6.45) is 0.797. The molecule has 0 aromatic heterocycles. The van der Waals surface area contributed by atoms with Crippen molar-refractivity contribution in [3.8, 4) is 5.75 Å². The molecule has 1 aromatic rings. The molecule has 0 saturated heterocycles. The van der Waals surface area contributed by atoms with E-state index in [2.05, 4.69) is 6.92 Å². The Morgan fingerprint density at radius 3 is 2.58 bits per heavy atom. The highest BCUT2D eigenvalue weighted by Crippen LogP contribution is 2.20. The molecule has 0 aliphatic heterocycles. The first kappa shape index (κ1) is 15.9. The number of sulfonamides is 1. The molecule has 2 N–H and O–H groups in total. The lowest BCUT2D eigenvalue weighted by atomic mass is 10.1. The van der Waals surface area contributed by atoms with E-state index in [4.69, 9.17) is 9.88 Å². The molecule has 0 radical (unpaired) electrons. The van der Waals surface area contributed by atoms with E-state index in [0.29, 0.717) is 6.54 Å². The molecule has 0 fully saturated rings. The zero-order valence-corrected chi connectivity index (χ0v) is 12.5. The van der Waals surface area contributed by atoms with Crippen LogP contribution in [0.4, 0.5) is 0 Å². The Hall–Kier alpha value is -1.11. The van der Waals surface area contributed by atoms with E-state index in [-0.39, 0.29) is 11.8 Å².